The van der Waals surface area contributed by atoms with Crippen molar-refractivity contribution in [2.45, 2.75) is 6.92 Å². The fraction of sp³-hybridized carbons (Fsp3) is 0.143. The fourth-order valence-corrected chi connectivity index (χ4v) is 2.67. The van der Waals surface area contributed by atoms with E-state index >= 15 is 0 Å². The van der Waals surface area contributed by atoms with Gasteiger partial charge >= 0.3 is 0 Å². The second-order valence-electron chi connectivity index (χ2n) is 2.96. The van der Waals surface area contributed by atoms with E-state index in [1.165, 1.54) is 0 Å². The number of nitrogens with zero attached hydrogens (tertiary/aromatic N) is 4. The molecule has 0 amide bonds. The highest BCUT2D eigenvalue weighted by molar-refractivity contribution is 7.58. The number of nitrogens with two attached hydrogens (primary N) is 1. The van der Waals surface area contributed by atoms with Crippen molar-refractivity contribution in [3.05, 3.63) is 5.56 Å². The predicted octanol–water partition coefficient (Wildman–Crippen LogP) is 2.31. The van der Waals surface area contributed by atoms with Crippen molar-refractivity contribution in [3.8, 4) is 0 Å². The van der Waals surface area contributed by atoms with Gasteiger partial charge in [-0.25, -0.2) is 0 Å². The molecule has 2 aromatic rings. The van der Waals surface area contributed by atoms with Gasteiger partial charge in [0.2, 0.25) is 0 Å². The predicted molar refractivity (Wildman–Crippen MR) is 58.1 cm³/mol. The lowest BCUT2D eigenvalue weighted by Crippen LogP contribution is -1.89. The van der Waals surface area contributed by atoms with E-state index < -0.39 is 0 Å². The molecule has 0 fully saturated rings. The van der Waals surface area contributed by atoms with Crippen LogP contribution in [0.1, 0.15) is 5.56 Å². The highest BCUT2D eigenvalue weighted by Crippen LogP contribution is 2.44. The maximum Gasteiger partial charge on any atom is 0.130 e. The largest absolute Gasteiger partial charge is 0.395 e. The Labute approximate surface area is 87.2 Å². The molecule has 0 atom stereocenters. The maximum atomic E-state index is 5.92. The van der Waals surface area contributed by atoms with Crippen LogP contribution in [0, 0.1) is 6.92 Å². The Bertz CT molecular complexity index is 560. The van der Waals surface area contributed by atoms with Gasteiger partial charge in [-0.05, 0) is 6.92 Å². The van der Waals surface area contributed by atoms with Gasteiger partial charge in [0, 0.05) is 5.56 Å². The zero-order valence-electron chi connectivity index (χ0n) is 7.18. The average molecular weight is 223 g/mol. The summed E-state index contributed by atoms with van der Waals surface area (Å²) >= 11 is 2.33. The van der Waals surface area contributed by atoms with Gasteiger partial charge in [-0.1, -0.05) is 0 Å². The molecule has 0 aliphatic carbocycles. The van der Waals surface area contributed by atoms with Crippen molar-refractivity contribution in [1.29, 1.82) is 0 Å². The molecule has 1 aromatic heterocycles. The molecule has 1 aliphatic heterocycles. The van der Waals surface area contributed by atoms with Gasteiger partial charge in [-0.3, -0.25) is 0 Å². The van der Waals surface area contributed by atoms with Crippen LogP contribution in [0.3, 0.4) is 0 Å². The first-order valence-corrected chi connectivity index (χ1v) is 5.37. The van der Waals surface area contributed by atoms with Crippen LogP contribution >= 0.6 is 11.7 Å². The highest BCUT2D eigenvalue weighted by atomic mass is 32.1. The number of anilines is 1. The van der Waals surface area contributed by atoms with E-state index in [-0.39, 0.29) is 0 Å². The number of nitrogen functional groups attached to an aromatic ring is 1. The lowest BCUT2D eigenvalue weighted by molar-refractivity contribution is 1.43. The minimum atomic E-state index is 0.586. The van der Waals surface area contributed by atoms with Gasteiger partial charge < -0.3 is 5.73 Å². The first-order chi connectivity index (χ1) is 6.79. The molecule has 3 rings (SSSR count). The molecule has 0 bridgehead atoms. The Morgan fingerprint density at radius 2 is 1.79 bits per heavy atom. The topological polar surface area (TPSA) is 76.5 Å². The molecular formula is C7H5N5S2. The normalized spacial score (nSPS) is 13.2. The van der Waals surface area contributed by atoms with Crippen LogP contribution in [0.2, 0.25) is 0 Å². The number of aromatic nitrogens is 2. The molecule has 7 heteroatoms. The number of rotatable bonds is 0. The van der Waals surface area contributed by atoms with Gasteiger partial charge in [0.15, 0.2) is 0 Å². The maximum absolute atomic E-state index is 5.92. The van der Waals surface area contributed by atoms with Crippen LogP contribution in [-0.2, 0) is 11.4 Å². The molecule has 0 spiro atoms. The second kappa shape index (κ2) is 2.58. The Hall–Kier alpha value is -1.34. The van der Waals surface area contributed by atoms with Crippen LogP contribution in [0.4, 0.5) is 17.1 Å². The lowest BCUT2D eigenvalue weighted by Gasteiger charge is -2.03. The zero-order valence-corrected chi connectivity index (χ0v) is 8.82. The minimum absolute atomic E-state index is 0.586. The standard InChI is InChI=1S/C7H5N5S2/c1-2-4-6(11-13-9-4)3(8)7-5(2)10-14-12-7/h8H2,1H3. The SMILES string of the molecule is Cc1c2c(c(N)c3nsnc13)N=S=N2. The fourth-order valence-electron chi connectivity index (χ4n) is 1.45. The molecule has 14 heavy (non-hydrogen) atoms. The van der Waals surface area contributed by atoms with Crippen molar-refractivity contribution in [1.82, 2.24) is 8.75 Å². The first kappa shape index (κ1) is 8.01. The van der Waals surface area contributed by atoms with Crippen molar-refractivity contribution < 1.29 is 0 Å². The average Bonchev–Trinajstić information content (AvgIpc) is 2.82. The molecule has 1 aliphatic rings. The molecular weight excluding hydrogens is 218 g/mol. The van der Waals surface area contributed by atoms with E-state index in [9.17, 15) is 0 Å². The second-order valence-corrected chi connectivity index (χ2v) is 4.02. The highest BCUT2D eigenvalue weighted by Gasteiger charge is 2.19. The van der Waals surface area contributed by atoms with Crippen molar-refractivity contribution in [2.24, 2.45) is 8.73 Å². The van der Waals surface area contributed by atoms with Crippen molar-refractivity contribution >= 4 is 51.2 Å². The van der Waals surface area contributed by atoms with Gasteiger partial charge in [-0.2, -0.15) is 17.5 Å². The third kappa shape index (κ3) is 0.828. The van der Waals surface area contributed by atoms with E-state index in [1.54, 1.807) is 0 Å². The van der Waals surface area contributed by atoms with E-state index in [0.717, 1.165) is 51.1 Å². The Morgan fingerprint density at radius 3 is 2.64 bits per heavy atom. The van der Waals surface area contributed by atoms with E-state index in [4.69, 9.17) is 5.73 Å². The summed E-state index contributed by atoms with van der Waals surface area (Å²) < 4.78 is 16.7. The van der Waals surface area contributed by atoms with Gasteiger partial charge in [0.1, 0.15) is 22.4 Å². The summed E-state index contributed by atoms with van der Waals surface area (Å²) in [7, 11) is 0. The smallest absolute Gasteiger partial charge is 0.130 e. The molecule has 5 nitrogen and oxygen atoms in total. The van der Waals surface area contributed by atoms with Crippen LogP contribution in [0.5, 0.6) is 0 Å². The Morgan fingerprint density at radius 1 is 1.07 bits per heavy atom. The van der Waals surface area contributed by atoms with Gasteiger partial charge in [0.05, 0.1) is 28.8 Å². The summed E-state index contributed by atoms with van der Waals surface area (Å²) in [4.78, 5) is 0. The lowest BCUT2D eigenvalue weighted by atomic mass is 10.1. The quantitative estimate of drug-likeness (QED) is 0.594. The first-order valence-electron chi connectivity index (χ1n) is 3.91. The summed E-state index contributed by atoms with van der Waals surface area (Å²) in [6, 6.07) is 0. The van der Waals surface area contributed by atoms with E-state index in [1.807, 2.05) is 6.92 Å². The summed E-state index contributed by atoms with van der Waals surface area (Å²) in [5, 5.41) is 0. The van der Waals surface area contributed by atoms with Crippen LogP contribution in [0.15, 0.2) is 8.73 Å². The molecule has 0 radical (unpaired) electrons. The van der Waals surface area contributed by atoms with Crippen LogP contribution in [-0.4, -0.2) is 8.75 Å². The molecule has 2 N–H and O–H groups in total. The molecule has 1 aromatic carbocycles. The van der Waals surface area contributed by atoms with Gasteiger partial charge in [-0.15, -0.1) is 0 Å². The van der Waals surface area contributed by atoms with E-state index in [2.05, 4.69) is 17.5 Å². The third-order valence-corrected chi connectivity index (χ3v) is 3.25. The third-order valence-electron chi connectivity index (χ3n) is 2.20. The van der Waals surface area contributed by atoms with Gasteiger partial charge in [0.25, 0.3) is 0 Å². The molecule has 0 saturated carbocycles. The zero-order chi connectivity index (χ0) is 9.71. The summed E-state index contributed by atoms with van der Waals surface area (Å²) in [6.07, 6.45) is 0. The van der Waals surface area contributed by atoms with Crippen molar-refractivity contribution in [2.75, 3.05) is 5.73 Å². The monoisotopic (exact) mass is 223 g/mol. The van der Waals surface area contributed by atoms with Crippen molar-refractivity contribution in [3.63, 3.8) is 0 Å². The molecule has 70 valence electrons. The summed E-state index contributed by atoms with van der Waals surface area (Å²) in [5.41, 5.74) is 10.7. The van der Waals surface area contributed by atoms with Crippen LogP contribution in [0.25, 0.3) is 11.0 Å². The number of hydrogen-bond donors (Lipinski definition) is 1. The minimum Gasteiger partial charge on any atom is -0.395 e. The van der Waals surface area contributed by atoms with E-state index in [0.29, 0.717) is 5.69 Å². The number of hydrogen-bond acceptors (Lipinski definition) is 6. The molecule has 2 heterocycles. The Kier molecular flexibility index (Phi) is 1.48. The number of fused-ring (bicyclic) bond motifs is 2. The summed E-state index contributed by atoms with van der Waals surface area (Å²) in [5.74, 6) is 0. The van der Waals surface area contributed by atoms with Crippen LogP contribution < -0.4 is 5.73 Å². The number of aryl methyl sites for hydroxylation is 1. The molecule has 0 unspecified atom stereocenters. The Balaban J connectivity index is 2.59. The number of benzene rings is 1. The molecule has 0 saturated heterocycles. The summed E-state index contributed by atoms with van der Waals surface area (Å²) in [6.45, 7) is 1.97.